The van der Waals surface area contributed by atoms with Gasteiger partial charge in [-0.15, -0.1) is 0 Å². The summed E-state index contributed by atoms with van der Waals surface area (Å²) in [6.07, 6.45) is 3.76. The molecule has 0 bridgehead atoms. The number of nitrogens with zero attached hydrogens (tertiary/aromatic N) is 2. The van der Waals surface area contributed by atoms with Crippen molar-refractivity contribution < 1.29 is 0 Å². The normalized spacial score (nSPS) is 11.8. The number of para-hydroxylation sites is 1. The Balaban J connectivity index is 1.57. The van der Waals surface area contributed by atoms with Crippen LogP contribution in [-0.4, -0.2) is 9.97 Å². The fourth-order valence-electron chi connectivity index (χ4n) is 5.01. The first-order valence-corrected chi connectivity index (χ1v) is 10.8. The van der Waals surface area contributed by atoms with Gasteiger partial charge in [0.05, 0.1) is 11.2 Å². The second-order valence-electron chi connectivity index (χ2n) is 8.28. The van der Waals surface area contributed by atoms with E-state index in [0.29, 0.717) is 0 Å². The van der Waals surface area contributed by atoms with Crippen LogP contribution in [0.1, 0.15) is 0 Å². The van der Waals surface area contributed by atoms with Gasteiger partial charge in [-0.05, 0) is 56.1 Å². The Bertz CT molecular complexity index is 1770. The average molecular weight is 406 g/mol. The Morgan fingerprint density at radius 2 is 1.19 bits per heavy atom. The summed E-state index contributed by atoms with van der Waals surface area (Å²) in [6, 6.07) is 34.6. The van der Waals surface area contributed by atoms with E-state index in [1.54, 1.807) is 0 Å². The smallest absolute Gasteiger partial charge is 0.0715 e. The van der Waals surface area contributed by atoms with Gasteiger partial charge in [-0.3, -0.25) is 4.98 Å². The van der Waals surface area contributed by atoms with E-state index in [0.717, 1.165) is 22.2 Å². The van der Waals surface area contributed by atoms with Crippen molar-refractivity contribution in [3.8, 4) is 22.4 Å². The van der Waals surface area contributed by atoms with Crippen molar-refractivity contribution in [3.63, 3.8) is 0 Å². The molecular formula is C30H18N2. The minimum atomic E-state index is 1.01. The summed E-state index contributed by atoms with van der Waals surface area (Å²) in [6.45, 7) is 0. The summed E-state index contributed by atoms with van der Waals surface area (Å²) >= 11 is 0. The van der Waals surface area contributed by atoms with Gasteiger partial charge < -0.3 is 0 Å². The lowest BCUT2D eigenvalue weighted by Crippen LogP contribution is -1.91. The third-order valence-corrected chi connectivity index (χ3v) is 6.51. The highest BCUT2D eigenvalue weighted by atomic mass is 14.7. The van der Waals surface area contributed by atoms with E-state index in [-0.39, 0.29) is 0 Å². The first-order chi connectivity index (χ1) is 15.9. The highest BCUT2D eigenvalue weighted by Gasteiger charge is 2.15. The summed E-state index contributed by atoms with van der Waals surface area (Å²) in [4.78, 5) is 9.33. The Labute approximate surface area is 185 Å². The van der Waals surface area contributed by atoms with Gasteiger partial charge in [0.15, 0.2) is 0 Å². The van der Waals surface area contributed by atoms with Crippen LogP contribution in [0.25, 0.3) is 65.6 Å². The molecule has 0 aliphatic rings. The molecule has 0 saturated heterocycles. The average Bonchev–Trinajstić information content (AvgIpc) is 2.87. The first-order valence-electron chi connectivity index (χ1n) is 10.8. The molecule has 0 amide bonds. The third-order valence-electron chi connectivity index (χ3n) is 6.51. The van der Waals surface area contributed by atoms with E-state index in [9.17, 15) is 0 Å². The number of hydrogen-bond donors (Lipinski definition) is 0. The van der Waals surface area contributed by atoms with Crippen LogP contribution in [-0.2, 0) is 0 Å². The quantitative estimate of drug-likeness (QED) is 0.273. The van der Waals surface area contributed by atoms with E-state index in [1.807, 2.05) is 24.5 Å². The molecule has 2 heterocycles. The van der Waals surface area contributed by atoms with Crippen molar-refractivity contribution in [3.05, 3.63) is 109 Å². The number of hydrogen-bond acceptors (Lipinski definition) is 2. The van der Waals surface area contributed by atoms with Crippen molar-refractivity contribution in [2.75, 3.05) is 0 Å². The van der Waals surface area contributed by atoms with E-state index in [1.165, 1.54) is 43.4 Å². The zero-order chi connectivity index (χ0) is 21.1. The lowest BCUT2D eigenvalue weighted by molar-refractivity contribution is 1.33. The van der Waals surface area contributed by atoms with Gasteiger partial charge in [-0.25, -0.2) is 4.98 Å². The van der Waals surface area contributed by atoms with Crippen molar-refractivity contribution in [2.45, 2.75) is 0 Å². The monoisotopic (exact) mass is 406 g/mol. The molecule has 2 heteroatoms. The Morgan fingerprint density at radius 1 is 0.500 bits per heavy atom. The maximum atomic E-state index is 4.98. The van der Waals surface area contributed by atoms with Gasteiger partial charge in [-0.1, -0.05) is 78.9 Å². The maximum Gasteiger partial charge on any atom is 0.0715 e. The second-order valence-corrected chi connectivity index (χ2v) is 8.28. The number of rotatable bonds is 2. The Kier molecular flexibility index (Phi) is 3.58. The predicted octanol–water partition coefficient (Wildman–Crippen LogP) is 7.86. The number of fused-ring (bicyclic) bond motifs is 1. The molecule has 0 aliphatic heterocycles. The summed E-state index contributed by atoms with van der Waals surface area (Å²) in [5.74, 6) is 0. The molecular weight excluding hydrogens is 388 g/mol. The van der Waals surface area contributed by atoms with Crippen LogP contribution in [0.5, 0.6) is 0 Å². The highest BCUT2D eigenvalue weighted by Crippen LogP contribution is 2.41. The van der Waals surface area contributed by atoms with Crippen LogP contribution in [0.15, 0.2) is 109 Å². The molecule has 0 unspecified atom stereocenters. The molecule has 0 fully saturated rings. The topological polar surface area (TPSA) is 25.8 Å². The van der Waals surface area contributed by atoms with Gasteiger partial charge in [0.25, 0.3) is 0 Å². The van der Waals surface area contributed by atoms with Crippen LogP contribution in [0.3, 0.4) is 0 Å². The largest absolute Gasteiger partial charge is 0.264 e. The summed E-state index contributed by atoms with van der Waals surface area (Å²) in [5, 5.41) is 8.79. The molecule has 0 atom stereocenters. The van der Waals surface area contributed by atoms with E-state index < -0.39 is 0 Å². The molecule has 0 N–H and O–H groups in total. The SMILES string of the molecule is c1cncc(-c2ccc3ccc4c(-c5ccc6ccccc6n5)ccc5ccc2c3c54)c1. The van der Waals surface area contributed by atoms with Gasteiger partial charge >= 0.3 is 0 Å². The van der Waals surface area contributed by atoms with Crippen molar-refractivity contribution >= 4 is 43.2 Å². The molecule has 2 nitrogen and oxygen atoms in total. The standard InChI is InChI=1S/C30H18N2/c1-2-6-27-19(4-1)11-16-28(32-27)24-13-8-21-9-14-25-23(22-5-3-17-31-18-22)12-7-20-10-15-26(24)30(21)29(20)25/h1-18H. The van der Waals surface area contributed by atoms with Crippen molar-refractivity contribution in [2.24, 2.45) is 0 Å². The van der Waals surface area contributed by atoms with Crippen LogP contribution >= 0.6 is 0 Å². The Morgan fingerprint density at radius 3 is 1.97 bits per heavy atom. The molecule has 32 heavy (non-hydrogen) atoms. The minimum Gasteiger partial charge on any atom is -0.264 e. The third kappa shape index (κ3) is 2.47. The lowest BCUT2D eigenvalue weighted by atomic mass is 9.88. The lowest BCUT2D eigenvalue weighted by Gasteiger charge is -2.16. The second kappa shape index (κ2) is 6.60. The molecule has 0 saturated carbocycles. The zero-order valence-corrected chi connectivity index (χ0v) is 17.3. The van der Waals surface area contributed by atoms with Gasteiger partial charge in [0.1, 0.15) is 0 Å². The van der Waals surface area contributed by atoms with Crippen LogP contribution in [0, 0.1) is 0 Å². The van der Waals surface area contributed by atoms with Gasteiger partial charge in [0.2, 0.25) is 0 Å². The molecule has 5 aromatic carbocycles. The summed E-state index contributed by atoms with van der Waals surface area (Å²) < 4.78 is 0. The first kappa shape index (κ1) is 17.4. The number of benzene rings is 5. The molecule has 7 aromatic rings. The van der Waals surface area contributed by atoms with Crippen LogP contribution in [0.2, 0.25) is 0 Å². The summed E-state index contributed by atoms with van der Waals surface area (Å²) in [5.41, 5.74) is 5.56. The zero-order valence-electron chi connectivity index (χ0n) is 17.3. The Hall–Kier alpha value is -4.30. The number of pyridine rings is 2. The molecule has 2 aromatic heterocycles. The molecule has 0 radical (unpaired) electrons. The van der Waals surface area contributed by atoms with Gasteiger partial charge in [0, 0.05) is 28.9 Å². The van der Waals surface area contributed by atoms with E-state index >= 15 is 0 Å². The molecule has 0 aliphatic carbocycles. The van der Waals surface area contributed by atoms with Crippen LogP contribution < -0.4 is 0 Å². The van der Waals surface area contributed by atoms with E-state index in [2.05, 4.69) is 89.9 Å². The fraction of sp³-hybridized carbons (Fsp3) is 0. The van der Waals surface area contributed by atoms with Gasteiger partial charge in [-0.2, -0.15) is 0 Å². The minimum absolute atomic E-state index is 1.01. The van der Waals surface area contributed by atoms with Crippen molar-refractivity contribution in [1.82, 2.24) is 9.97 Å². The maximum absolute atomic E-state index is 4.98. The molecule has 0 spiro atoms. The molecule has 7 rings (SSSR count). The van der Waals surface area contributed by atoms with Crippen LogP contribution in [0.4, 0.5) is 0 Å². The molecule has 148 valence electrons. The van der Waals surface area contributed by atoms with E-state index in [4.69, 9.17) is 4.98 Å². The fourth-order valence-corrected chi connectivity index (χ4v) is 5.01. The van der Waals surface area contributed by atoms with Crippen molar-refractivity contribution in [1.29, 1.82) is 0 Å². The number of aromatic nitrogens is 2. The highest BCUT2D eigenvalue weighted by molar-refractivity contribution is 6.27. The predicted molar refractivity (Wildman–Crippen MR) is 134 cm³/mol. The summed E-state index contributed by atoms with van der Waals surface area (Å²) in [7, 11) is 0.